The van der Waals surface area contributed by atoms with E-state index < -0.39 is 12.1 Å². The molecule has 1 saturated carbocycles. The molecule has 1 fully saturated rings. The molecule has 1 aliphatic rings. The highest BCUT2D eigenvalue weighted by Crippen LogP contribution is 2.45. The second-order valence-electron chi connectivity index (χ2n) is 7.92. The lowest BCUT2D eigenvalue weighted by Gasteiger charge is -2.28. The van der Waals surface area contributed by atoms with E-state index in [1.54, 1.807) is 0 Å². The van der Waals surface area contributed by atoms with Crippen LogP contribution in [0.4, 0.5) is 0 Å². The molecule has 0 aromatic carbocycles. The first-order valence-electron chi connectivity index (χ1n) is 10.1. The Hall–Kier alpha value is -1.42. The van der Waals surface area contributed by atoms with Crippen molar-refractivity contribution in [3.05, 3.63) is 24.3 Å². The fraction of sp³-hybridized carbons (Fsp3) is 0.727. The number of unbranched alkanes of at least 4 members (excludes halogenated alkanes) is 2. The van der Waals surface area contributed by atoms with Gasteiger partial charge in [-0.25, -0.2) is 4.79 Å². The lowest BCUT2D eigenvalue weighted by atomic mass is 9.74. The molecule has 0 spiro atoms. The molecule has 0 aliphatic heterocycles. The lowest BCUT2D eigenvalue weighted by Crippen LogP contribution is -2.28. The van der Waals surface area contributed by atoms with Gasteiger partial charge in [0.05, 0.1) is 0 Å². The van der Waals surface area contributed by atoms with Crippen LogP contribution in [-0.4, -0.2) is 28.1 Å². The maximum atomic E-state index is 12.5. The summed E-state index contributed by atoms with van der Waals surface area (Å²) in [4.78, 5) is 23.1. The second kappa shape index (κ2) is 11.3. The summed E-state index contributed by atoms with van der Waals surface area (Å²) in [5, 5.41) is 18.0. The fourth-order valence-electron chi connectivity index (χ4n) is 3.74. The minimum Gasteiger partial charge on any atom is -0.479 e. The molecule has 1 aliphatic carbocycles. The monoisotopic (exact) mass is 364 g/mol. The molecule has 1 rings (SSSR count). The Morgan fingerprint density at radius 3 is 2.69 bits per heavy atom. The van der Waals surface area contributed by atoms with Crippen molar-refractivity contribution in [1.82, 2.24) is 0 Å². The van der Waals surface area contributed by atoms with Crippen molar-refractivity contribution in [1.29, 1.82) is 0 Å². The molecule has 2 unspecified atom stereocenters. The summed E-state index contributed by atoms with van der Waals surface area (Å²) in [6.45, 7) is 6.43. The van der Waals surface area contributed by atoms with Crippen LogP contribution < -0.4 is 0 Å². The van der Waals surface area contributed by atoms with E-state index in [0.717, 1.165) is 38.5 Å². The maximum Gasteiger partial charge on any atom is 0.332 e. The molecule has 0 saturated heterocycles. The molecule has 148 valence electrons. The molecule has 4 nitrogen and oxygen atoms in total. The van der Waals surface area contributed by atoms with Crippen LogP contribution >= 0.6 is 0 Å². The van der Waals surface area contributed by atoms with E-state index in [0.29, 0.717) is 30.5 Å². The average Bonchev–Trinajstić information content (AvgIpc) is 2.87. The Kier molecular flexibility index (Phi) is 9.85. The number of allylic oxidation sites excluding steroid dienone is 4. The maximum absolute atomic E-state index is 12.5. The Balaban J connectivity index is 2.48. The Morgan fingerprint density at radius 2 is 2.04 bits per heavy atom. The van der Waals surface area contributed by atoms with Crippen LogP contribution in [0.3, 0.4) is 0 Å². The first-order chi connectivity index (χ1) is 12.3. The van der Waals surface area contributed by atoms with Crippen LogP contribution in [0.2, 0.25) is 0 Å². The molecule has 0 bridgehead atoms. The van der Waals surface area contributed by atoms with Crippen molar-refractivity contribution in [3.8, 4) is 0 Å². The molecular weight excluding hydrogens is 328 g/mol. The smallest absolute Gasteiger partial charge is 0.332 e. The molecule has 0 aromatic rings. The van der Waals surface area contributed by atoms with Crippen LogP contribution in [-0.2, 0) is 9.59 Å². The topological polar surface area (TPSA) is 74.6 Å². The van der Waals surface area contributed by atoms with Gasteiger partial charge >= 0.3 is 5.97 Å². The minimum atomic E-state index is -1.27. The predicted octanol–water partition coefficient (Wildman–Crippen LogP) is 4.92. The molecule has 2 N–H and O–H groups in total. The second-order valence-corrected chi connectivity index (χ2v) is 7.92. The average molecular weight is 365 g/mol. The summed E-state index contributed by atoms with van der Waals surface area (Å²) in [5.74, 6) is -0.0141. The number of carbonyl (C=O) groups excluding carboxylic acids is 1. The van der Waals surface area contributed by atoms with Gasteiger partial charge in [0.2, 0.25) is 0 Å². The minimum absolute atomic E-state index is 0.284. The van der Waals surface area contributed by atoms with Gasteiger partial charge in [0.15, 0.2) is 6.10 Å². The van der Waals surface area contributed by atoms with Crippen molar-refractivity contribution in [2.45, 2.75) is 84.7 Å². The summed E-state index contributed by atoms with van der Waals surface area (Å²) in [6.07, 6.45) is 14.9. The van der Waals surface area contributed by atoms with Crippen molar-refractivity contribution >= 4 is 11.8 Å². The third-order valence-corrected chi connectivity index (χ3v) is 5.68. The normalized spacial score (nSPS) is 26.0. The van der Waals surface area contributed by atoms with Gasteiger partial charge in [-0.15, -0.1) is 0 Å². The molecule has 0 heterocycles. The number of carbonyl (C=O) groups is 2. The zero-order chi connectivity index (χ0) is 19.6. The Bertz CT molecular complexity index is 508. The molecule has 0 radical (unpaired) electrons. The SMILES string of the molecule is CCC=CCC(C)C=C[C@H]1CCC(=O)[C@]1(C)CCCCCC(O)C(=O)O. The number of rotatable bonds is 12. The van der Waals surface area contributed by atoms with Gasteiger partial charge in [0, 0.05) is 11.8 Å². The number of hydrogen-bond donors (Lipinski definition) is 2. The van der Waals surface area contributed by atoms with E-state index in [1.807, 2.05) is 0 Å². The molecule has 26 heavy (non-hydrogen) atoms. The molecule has 4 heteroatoms. The van der Waals surface area contributed by atoms with Crippen LogP contribution in [0, 0.1) is 17.3 Å². The number of Topliss-reactive ketones (excluding diaryl/α,β-unsaturated/α-hetero) is 1. The van der Waals surface area contributed by atoms with Gasteiger partial charge in [0.25, 0.3) is 0 Å². The van der Waals surface area contributed by atoms with E-state index >= 15 is 0 Å². The first kappa shape index (κ1) is 22.6. The van der Waals surface area contributed by atoms with Crippen molar-refractivity contribution in [3.63, 3.8) is 0 Å². The van der Waals surface area contributed by atoms with Crippen molar-refractivity contribution in [2.75, 3.05) is 0 Å². The zero-order valence-corrected chi connectivity index (χ0v) is 16.6. The van der Waals surface area contributed by atoms with Crippen LogP contribution in [0.1, 0.15) is 78.6 Å². The summed E-state index contributed by atoms with van der Waals surface area (Å²) in [6, 6.07) is 0. The van der Waals surface area contributed by atoms with E-state index in [1.165, 1.54) is 0 Å². The highest BCUT2D eigenvalue weighted by molar-refractivity contribution is 5.87. The van der Waals surface area contributed by atoms with Gasteiger partial charge in [-0.3, -0.25) is 4.79 Å². The number of aliphatic carboxylic acids is 1. The largest absolute Gasteiger partial charge is 0.479 e. The summed E-state index contributed by atoms with van der Waals surface area (Å²) in [5.41, 5.74) is -0.291. The molecule has 0 amide bonds. The molecular formula is C22H36O4. The van der Waals surface area contributed by atoms with E-state index in [2.05, 4.69) is 45.1 Å². The van der Waals surface area contributed by atoms with E-state index in [9.17, 15) is 14.7 Å². The van der Waals surface area contributed by atoms with Gasteiger partial charge in [-0.05, 0) is 43.9 Å². The standard InChI is InChI=1S/C22H36O4/c1-4-5-7-10-17(2)12-13-18-14-15-20(24)22(18,3)16-9-6-8-11-19(23)21(25)26/h5,7,12-13,17-19,23H,4,6,8-11,14-16H2,1-3H3,(H,25,26)/t17?,18-,19?,22+/m0/s1. The highest BCUT2D eigenvalue weighted by atomic mass is 16.4. The first-order valence-corrected chi connectivity index (χ1v) is 10.1. The third-order valence-electron chi connectivity index (χ3n) is 5.68. The summed E-state index contributed by atoms with van der Waals surface area (Å²) in [7, 11) is 0. The summed E-state index contributed by atoms with van der Waals surface area (Å²) < 4.78 is 0. The third kappa shape index (κ3) is 7.06. The van der Waals surface area contributed by atoms with Crippen molar-refractivity contribution in [2.24, 2.45) is 17.3 Å². The fourth-order valence-corrected chi connectivity index (χ4v) is 3.74. The quantitative estimate of drug-likeness (QED) is 0.381. The van der Waals surface area contributed by atoms with Gasteiger partial charge in [-0.1, -0.05) is 64.3 Å². The highest BCUT2D eigenvalue weighted by Gasteiger charge is 2.43. The lowest BCUT2D eigenvalue weighted by molar-refractivity contribution is -0.146. The van der Waals surface area contributed by atoms with E-state index in [-0.39, 0.29) is 11.8 Å². The van der Waals surface area contributed by atoms with Gasteiger partial charge < -0.3 is 10.2 Å². The number of hydrogen-bond acceptors (Lipinski definition) is 3. The summed E-state index contributed by atoms with van der Waals surface area (Å²) >= 11 is 0. The number of carboxylic acids is 1. The number of ketones is 1. The molecule has 0 aromatic heterocycles. The van der Waals surface area contributed by atoms with Crippen LogP contribution in [0.25, 0.3) is 0 Å². The number of aliphatic hydroxyl groups is 1. The zero-order valence-electron chi connectivity index (χ0n) is 16.6. The number of carboxylic acid groups (broad SMARTS) is 1. The predicted molar refractivity (Wildman–Crippen MR) is 105 cm³/mol. The van der Waals surface area contributed by atoms with Gasteiger partial charge in [-0.2, -0.15) is 0 Å². The number of aliphatic hydroxyl groups excluding tert-OH is 1. The van der Waals surface area contributed by atoms with Gasteiger partial charge in [0.1, 0.15) is 5.78 Å². The Labute approximate surface area is 158 Å². The Morgan fingerprint density at radius 1 is 1.31 bits per heavy atom. The van der Waals surface area contributed by atoms with Crippen molar-refractivity contribution < 1.29 is 19.8 Å². The van der Waals surface area contributed by atoms with Crippen LogP contribution in [0.15, 0.2) is 24.3 Å². The van der Waals surface area contributed by atoms with E-state index in [4.69, 9.17) is 5.11 Å². The van der Waals surface area contributed by atoms with Crippen LogP contribution in [0.5, 0.6) is 0 Å². The molecule has 4 atom stereocenters.